The van der Waals surface area contributed by atoms with Crippen molar-refractivity contribution in [2.45, 2.75) is 39.7 Å². The van der Waals surface area contributed by atoms with Crippen molar-refractivity contribution in [3.63, 3.8) is 0 Å². The third kappa shape index (κ3) is 9.75. The second-order valence-electron chi connectivity index (χ2n) is 7.12. The first-order chi connectivity index (χ1) is 12.8. The van der Waals surface area contributed by atoms with Crippen LogP contribution in [0.5, 0.6) is 0 Å². The summed E-state index contributed by atoms with van der Waals surface area (Å²) in [5.74, 6) is -2.53. The summed E-state index contributed by atoms with van der Waals surface area (Å²) in [6.45, 7) is 8.25. The third-order valence-corrected chi connectivity index (χ3v) is 4.41. The molecule has 0 bridgehead atoms. The highest BCUT2D eigenvalue weighted by atomic mass is 16.4. The van der Waals surface area contributed by atoms with E-state index >= 15 is 0 Å². The lowest BCUT2D eigenvalue weighted by Crippen LogP contribution is -2.40. The van der Waals surface area contributed by atoms with Crippen molar-refractivity contribution in [3.8, 4) is 0 Å². The second kappa shape index (κ2) is 12.1. The number of carboxylic acids is 2. The van der Waals surface area contributed by atoms with Gasteiger partial charge in [0.2, 0.25) is 5.91 Å². The zero-order valence-corrected chi connectivity index (χ0v) is 16.1. The zero-order chi connectivity index (χ0) is 20.2. The van der Waals surface area contributed by atoms with Crippen LogP contribution in [-0.2, 0) is 20.9 Å². The minimum Gasteiger partial charge on any atom is -0.473 e. The van der Waals surface area contributed by atoms with Gasteiger partial charge in [0, 0.05) is 19.0 Å². The molecule has 0 spiro atoms. The van der Waals surface area contributed by atoms with Crippen LogP contribution in [0.2, 0.25) is 0 Å². The number of piperidine rings is 1. The van der Waals surface area contributed by atoms with Crippen molar-refractivity contribution in [1.29, 1.82) is 0 Å². The first-order valence-electron chi connectivity index (χ1n) is 9.29. The quantitative estimate of drug-likeness (QED) is 0.655. The van der Waals surface area contributed by atoms with Gasteiger partial charge in [-0.05, 0) is 43.8 Å². The fourth-order valence-corrected chi connectivity index (χ4v) is 2.82. The van der Waals surface area contributed by atoms with Crippen LogP contribution in [0.3, 0.4) is 0 Å². The molecule has 1 aromatic carbocycles. The maximum Gasteiger partial charge on any atom is 0.414 e. The lowest BCUT2D eigenvalue weighted by molar-refractivity contribution is -0.159. The number of nitrogens with zero attached hydrogens (tertiary/aromatic N) is 1. The van der Waals surface area contributed by atoms with E-state index in [0.717, 1.165) is 45.4 Å². The molecule has 3 N–H and O–H groups in total. The number of rotatable bonds is 6. The normalized spacial score (nSPS) is 14.9. The van der Waals surface area contributed by atoms with E-state index < -0.39 is 11.9 Å². The van der Waals surface area contributed by atoms with Crippen molar-refractivity contribution < 1.29 is 24.6 Å². The average Bonchev–Trinajstić information content (AvgIpc) is 2.63. The molecular weight excluding hydrogens is 348 g/mol. The molecule has 1 aromatic rings. The second-order valence-corrected chi connectivity index (χ2v) is 7.12. The lowest BCUT2D eigenvalue weighted by Gasteiger charge is -2.31. The summed E-state index contributed by atoms with van der Waals surface area (Å²) < 4.78 is 0. The number of amides is 1. The van der Waals surface area contributed by atoms with Crippen molar-refractivity contribution in [1.82, 2.24) is 10.2 Å². The molecule has 2 rings (SSSR count). The molecule has 1 amide bonds. The van der Waals surface area contributed by atoms with E-state index in [0.29, 0.717) is 5.92 Å². The van der Waals surface area contributed by atoms with E-state index in [4.69, 9.17) is 19.8 Å². The van der Waals surface area contributed by atoms with Crippen LogP contribution in [0, 0.1) is 11.8 Å². The van der Waals surface area contributed by atoms with E-state index in [2.05, 4.69) is 54.4 Å². The molecule has 1 saturated heterocycles. The Bertz CT molecular complexity index is 584. The van der Waals surface area contributed by atoms with Gasteiger partial charge in [-0.25, -0.2) is 9.59 Å². The van der Waals surface area contributed by atoms with Crippen LogP contribution in [0.1, 0.15) is 38.7 Å². The van der Waals surface area contributed by atoms with Crippen LogP contribution in [0.25, 0.3) is 0 Å². The van der Waals surface area contributed by atoms with Gasteiger partial charge >= 0.3 is 11.9 Å². The fraction of sp³-hybridized carbons (Fsp3) is 0.550. The molecule has 0 aliphatic carbocycles. The van der Waals surface area contributed by atoms with Gasteiger partial charge in [0.05, 0.1) is 0 Å². The number of benzene rings is 1. The van der Waals surface area contributed by atoms with Crippen molar-refractivity contribution in [2.24, 2.45) is 11.8 Å². The van der Waals surface area contributed by atoms with Crippen molar-refractivity contribution in [2.75, 3.05) is 19.6 Å². The molecule has 1 fully saturated rings. The summed E-state index contributed by atoms with van der Waals surface area (Å²) in [7, 11) is 0. The standard InChI is InChI=1S/C18H28N2O.C2H2O4/c1-15(2)8-11-19-18(21)17-9-12-20(13-10-17)14-16-6-4-3-5-7-16;3-1(4)2(5)6/h3-7,15,17H,8-14H2,1-2H3,(H,19,21);(H,3,4)(H,5,6). The minimum absolute atomic E-state index is 0.212. The molecule has 0 radical (unpaired) electrons. The van der Waals surface area contributed by atoms with E-state index in [-0.39, 0.29) is 11.8 Å². The number of nitrogens with one attached hydrogen (secondary N) is 1. The van der Waals surface area contributed by atoms with E-state index in [1.165, 1.54) is 5.56 Å². The molecule has 0 aromatic heterocycles. The maximum absolute atomic E-state index is 12.1. The predicted molar refractivity (Wildman–Crippen MR) is 102 cm³/mol. The van der Waals surface area contributed by atoms with Crippen LogP contribution < -0.4 is 5.32 Å². The molecule has 150 valence electrons. The SMILES string of the molecule is CC(C)CCNC(=O)C1CCN(Cc2ccccc2)CC1.O=C(O)C(=O)O. The number of hydrogen-bond donors (Lipinski definition) is 3. The highest BCUT2D eigenvalue weighted by Crippen LogP contribution is 2.19. The van der Waals surface area contributed by atoms with Gasteiger partial charge in [0.15, 0.2) is 0 Å². The summed E-state index contributed by atoms with van der Waals surface area (Å²) in [6, 6.07) is 10.6. The highest BCUT2D eigenvalue weighted by molar-refractivity contribution is 6.27. The smallest absolute Gasteiger partial charge is 0.414 e. The molecule has 1 heterocycles. The summed E-state index contributed by atoms with van der Waals surface area (Å²) in [5, 5.41) is 17.9. The Hall–Kier alpha value is -2.41. The van der Waals surface area contributed by atoms with Gasteiger partial charge in [-0.3, -0.25) is 9.69 Å². The summed E-state index contributed by atoms with van der Waals surface area (Å²) in [4.78, 5) is 32.8. The number of hydrogen-bond acceptors (Lipinski definition) is 4. The average molecular weight is 378 g/mol. The summed E-state index contributed by atoms with van der Waals surface area (Å²) in [6.07, 6.45) is 3.04. The van der Waals surface area contributed by atoms with E-state index in [1.807, 2.05) is 0 Å². The maximum atomic E-state index is 12.1. The highest BCUT2D eigenvalue weighted by Gasteiger charge is 2.24. The molecule has 0 unspecified atom stereocenters. The third-order valence-electron chi connectivity index (χ3n) is 4.41. The Labute approximate surface area is 160 Å². The number of carboxylic acid groups (broad SMARTS) is 2. The molecule has 27 heavy (non-hydrogen) atoms. The minimum atomic E-state index is -1.82. The Morgan fingerprint density at radius 1 is 1.07 bits per heavy atom. The van der Waals surface area contributed by atoms with Crippen LogP contribution >= 0.6 is 0 Å². The monoisotopic (exact) mass is 378 g/mol. The van der Waals surface area contributed by atoms with E-state index in [9.17, 15) is 4.79 Å². The van der Waals surface area contributed by atoms with Gasteiger partial charge < -0.3 is 15.5 Å². The Morgan fingerprint density at radius 2 is 1.63 bits per heavy atom. The molecule has 1 aliphatic heterocycles. The summed E-state index contributed by atoms with van der Waals surface area (Å²) in [5.41, 5.74) is 1.36. The Morgan fingerprint density at radius 3 is 2.11 bits per heavy atom. The number of likely N-dealkylation sites (tertiary alicyclic amines) is 1. The largest absolute Gasteiger partial charge is 0.473 e. The zero-order valence-electron chi connectivity index (χ0n) is 16.1. The topological polar surface area (TPSA) is 107 Å². The first-order valence-corrected chi connectivity index (χ1v) is 9.29. The van der Waals surface area contributed by atoms with Gasteiger partial charge in [0.1, 0.15) is 0 Å². The molecule has 7 heteroatoms. The predicted octanol–water partition coefficient (Wildman–Crippen LogP) is 2.22. The number of carbonyl (C=O) groups excluding carboxylic acids is 1. The van der Waals surface area contributed by atoms with Gasteiger partial charge in [0.25, 0.3) is 0 Å². The van der Waals surface area contributed by atoms with Crippen LogP contribution in [0.4, 0.5) is 0 Å². The number of carbonyl (C=O) groups is 3. The van der Waals surface area contributed by atoms with Crippen LogP contribution in [-0.4, -0.2) is 52.6 Å². The fourth-order valence-electron chi connectivity index (χ4n) is 2.82. The molecule has 0 atom stereocenters. The Kier molecular flexibility index (Phi) is 10.1. The molecule has 0 saturated carbocycles. The first kappa shape index (κ1) is 22.6. The van der Waals surface area contributed by atoms with Gasteiger partial charge in [-0.1, -0.05) is 44.2 Å². The number of aliphatic carboxylic acids is 2. The van der Waals surface area contributed by atoms with Gasteiger partial charge in [-0.2, -0.15) is 0 Å². The molecule has 7 nitrogen and oxygen atoms in total. The Balaban J connectivity index is 0.000000527. The van der Waals surface area contributed by atoms with Crippen LogP contribution in [0.15, 0.2) is 30.3 Å². The lowest BCUT2D eigenvalue weighted by atomic mass is 9.95. The van der Waals surface area contributed by atoms with Gasteiger partial charge in [-0.15, -0.1) is 0 Å². The molecular formula is C20H30N2O5. The van der Waals surface area contributed by atoms with E-state index in [1.54, 1.807) is 0 Å². The molecule has 1 aliphatic rings. The van der Waals surface area contributed by atoms with Crippen molar-refractivity contribution >= 4 is 17.8 Å². The summed E-state index contributed by atoms with van der Waals surface area (Å²) >= 11 is 0. The van der Waals surface area contributed by atoms with Crippen molar-refractivity contribution in [3.05, 3.63) is 35.9 Å².